The van der Waals surface area contributed by atoms with Gasteiger partial charge >= 0.3 is 0 Å². The fourth-order valence-electron chi connectivity index (χ4n) is 1.99. The highest BCUT2D eigenvalue weighted by Crippen LogP contribution is 2.28. The molecule has 1 N–H and O–H groups in total. The molecule has 0 spiro atoms. The number of hydrogen-bond donors (Lipinski definition) is 1. The predicted octanol–water partition coefficient (Wildman–Crippen LogP) is -0.145. The Morgan fingerprint density at radius 2 is 2.40 bits per heavy atom. The summed E-state index contributed by atoms with van der Waals surface area (Å²) in [5.41, 5.74) is 0.958. The van der Waals surface area contributed by atoms with Crippen molar-refractivity contribution in [3.63, 3.8) is 0 Å². The van der Waals surface area contributed by atoms with E-state index >= 15 is 0 Å². The summed E-state index contributed by atoms with van der Waals surface area (Å²) in [4.78, 5) is 13.2. The van der Waals surface area contributed by atoms with Crippen LogP contribution >= 0.6 is 0 Å². The molecule has 0 aromatic heterocycles. The molecular formula is C10H15NO4. The average Bonchev–Trinajstić information content (AvgIpc) is 2.71. The lowest BCUT2D eigenvalue weighted by Gasteiger charge is -2.27. The number of aliphatic hydroxyl groups is 1. The van der Waals surface area contributed by atoms with Gasteiger partial charge in [0.15, 0.2) is 6.23 Å². The van der Waals surface area contributed by atoms with Gasteiger partial charge < -0.3 is 14.6 Å². The van der Waals surface area contributed by atoms with Crippen molar-refractivity contribution in [2.75, 3.05) is 13.7 Å². The van der Waals surface area contributed by atoms with Gasteiger partial charge in [0.2, 0.25) is 0 Å². The fraction of sp³-hybridized carbons (Fsp3) is 0.700. The van der Waals surface area contributed by atoms with Gasteiger partial charge in [0.1, 0.15) is 12.3 Å². The number of nitrogens with zero attached hydrogens (tertiary/aromatic N) is 1. The van der Waals surface area contributed by atoms with Gasteiger partial charge in [-0.05, 0) is 12.5 Å². The third-order valence-electron chi connectivity index (χ3n) is 2.86. The van der Waals surface area contributed by atoms with E-state index in [4.69, 9.17) is 9.47 Å². The normalized spacial score (nSPS) is 36.2. The third-order valence-corrected chi connectivity index (χ3v) is 2.86. The number of ether oxygens (including phenoxy) is 2. The van der Waals surface area contributed by atoms with Gasteiger partial charge in [-0.25, -0.2) is 0 Å². The number of hydrogen-bond acceptors (Lipinski definition) is 4. The van der Waals surface area contributed by atoms with Gasteiger partial charge in [0, 0.05) is 13.5 Å². The Balaban J connectivity index is 2.15. The topological polar surface area (TPSA) is 59.0 Å². The summed E-state index contributed by atoms with van der Waals surface area (Å²) in [6.45, 7) is 2.38. The van der Waals surface area contributed by atoms with Crippen molar-refractivity contribution in [1.29, 1.82) is 0 Å². The first kappa shape index (κ1) is 10.6. The molecule has 5 nitrogen and oxygen atoms in total. The number of amides is 1. The van der Waals surface area contributed by atoms with E-state index in [-0.39, 0.29) is 5.91 Å². The molecule has 3 atom stereocenters. The first-order chi connectivity index (χ1) is 7.15. The SMILES string of the molecule is CO[C@@H]1C[C@@H](O)N(C2OCC=C2C)C1=O. The highest BCUT2D eigenvalue weighted by Gasteiger charge is 2.44. The first-order valence-corrected chi connectivity index (χ1v) is 4.96. The van der Waals surface area contributed by atoms with Crippen LogP contribution < -0.4 is 0 Å². The molecule has 0 radical (unpaired) electrons. The zero-order chi connectivity index (χ0) is 11.0. The largest absolute Gasteiger partial charge is 0.373 e. The van der Waals surface area contributed by atoms with E-state index in [1.807, 2.05) is 13.0 Å². The van der Waals surface area contributed by atoms with E-state index in [2.05, 4.69) is 0 Å². The lowest BCUT2D eigenvalue weighted by atomic mass is 10.2. The molecule has 1 amide bonds. The van der Waals surface area contributed by atoms with Crippen LogP contribution in [0.4, 0.5) is 0 Å². The molecule has 2 rings (SSSR count). The molecule has 15 heavy (non-hydrogen) atoms. The summed E-state index contributed by atoms with van der Waals surface area (Å²) >= 11 is 0. The second-order valence-electron chi connectivity index (χ2n) is 3.82. The van der Waals surface area contributed by atoms with Crippen LogP contribution in [0.2, 0.25) is 0 Å². The minimum Gasteiger partial charge on any atom is -0.373 e. The Kier molecular flexibility index (Phi) is 2.77. The summed E-state index contributed by atoms with van der Waals surface area (Å²) in [5.74, 6) is -0.204. The molecule has 0 bridgehead atoms. The maximum absolute atomic E-state index is 11.8. The molecule has 2 heterocycles. The molecule has 0 saturated carbocycles. The van der Waals surface area contributed by atoms with Gasteiger partial charge in [-0.15, -0.1) is 0 Å². The van der Waals surface area contributed by atoms with Gasteiger partial charge in [0.25, 0.3) is 5.91 Å². The monoisotopic (exact) mass is 213 g/mol. The fourth-order valence-corrected chi connectivity index (χ4v) is 1.99. The Hall–Kier alpha value is -0.910. The van der Waals surface area contributed by atoms with Gasteiger partial charge in [-0.1, -0.05) is 6.08 Å². The zero-order valence-corrected chi connectivity index (χ0v) is 8.84. The molecule has 2 aliphatic heterocycles. The van der Waals surface area contributed by atoms with Crippen LogP contribution in [0.3, 0.4) is 0 Å². The van der Waals surface area contributed by atoms with Crippen LogP contribution in [-0.4, -0.2) is 48.2 Å². The van der Waals surface area contributed by atoms with E-state index < -0.39 is 18.6 Å². The number of aliphatic hydroxyl groups excluding tert-OH is 1. The van der Waals surface area contributed by atoms with Crippen molar-refractivity contribution in [2.45, 2.75) is 31.9 Å². The smallest absolute Gasteiger partial charge is 0.256 e. The Morgan fingerprint density at radius 3 is 2.87 bits per heavy atom. The Bertz CT molecular complexity index is 302. The highest BCUT2D eigenvalue weighted by molar-refractivity contribution is 5.83. The minimum atomic E-state index is -0.811. The molecule has 1 unspecified atom stereocenters. The predicted molar refractivity (Wildman–Crippen MR) is 51.8 cm³/mol. The highest BCUT2D eigenvalue weighted by atomic mass is 16.5. The maximum atomic E-state index is 11.8. The van der Waals surface area contributed by atoms with Crippen molar-refractivity contribution in [1.82, 2.24) is 4.90 Å². The molecule has 2 aliphatic rings. The minimum absolute atomic E-state index is 0.204. The van der Waals surface area contributed by atoms with Crippen LogP contribution in [0, 0.1) is 0 Å². The zero-order valence-electron chi connectivity index (χ0n) is 8.84. The van der Waals surface area contributed by atoms with Crippen molar-refractivity contribution >= 4 is 5.91 Å². The van der Waals surface area contributed by atoms with E-state index in [1.165, 1.54) is 12.0 Å². The molecular weight excluding hydrogens is 198 g/mol. The Labute approximate surface area is 88.3 Å². The number of methoxy groups -OCH3 is 1. The van der Waals surface area contributed by atoms with E-state index in [9.17, 15) is 9.90 Å². The standard InChI is InChI=1S/C10H15NO4/c1-6-3-4-15-10(6)11-8(12)5-7(14-2)9(11)13/h3,7-8,10,12H,4-5H2,1-2H3/t7-,8-,10?/m1/s1. The van der Waals surface area contributed by atoms with E-state index in [0.29, 0.717) is 13.0 Å². The third kappa shape index (κ3) is 1.67. The summed E-state index contributed by atoms with van der Waals surface area (Å²) in [5, 5.41) is 9.76. The first-order valence-electron chi connectivity index (χ1n) is 4.96. The average molecular weight is 213 g/mol. The second kappa shape index (κ2) is 3.92. The molecule has 0 aliphatic carbocycles. The van der Waals surface area contributed by atoms with E-state index in [1.54, 1.807) is 0 Å². The van der Waals surface area contributed by atoms with Crippen molar-refractivity contribution in [3.8, 4) is 0 Å². The quantitative estimate of drug-likeness (QED) is 0.648. The molecule has 0 aromatic carbocycles. The number of likely N-dealkylation sites (tertiary alicyclic amines) is 1. The van der Waals surface area contributed by atoms with E-state index in [0.717, 1.165) is 5.57 Å². The molecule has 1 fully saturated rings. The lowest BCUT2D eigenvalue weighted by Crippen LogP contribution is -2.44. The summed E-state index contributed by atoms with van der Waals surface area (Å²) in [6.07, 6.45) is 0.436. The number of carbonyl (C=O) groups is 1. The van der Waals surface area contributed by atoms with Crippen molar-refractivity contribution < 1.29 is 19.4 Å². The van der Waals surface area contributed by atoms with Crippen LogP contribution in [0.25, 0.3) is 0 Å². The molecule has 84 valence electrons. The number of carbonyl (C=O) groups excluding carboxylic acids is 1. The lowest BCUT2D eigenvalue weighted by molar-refractivity contribution is -0.152. The van der Waals surface area contributed by atoms with Crippen molar-refractivity contribution in [2.24, 2.45) is 0 Å². The van der Waals surface area contributed by atoms with Crippen LogP contribution in [0.15, 0.2) is 11.6 Å². The maximum Gasteiger partial charge on any atom is 0.256 e. The van der Waals surface area contributed by atoms with Gasteiger partial charge in [-0.3, -0.25) is 9.69 Å². The summed E-state index contributed by atoms with van der Waals surface area (Å²) in [6, 6.07) is 0. The van der Waals surface area contributed by atoms with Crippen LogP contribution in [0.5, 0.6) is 0 Å². The summed E-state index contributed by atoms with van der Waals surface area (Å²) < 4.78 is 10.4. The van der Waals surface area contributed by atoms with Crippen LogP contribution in [-0.2, 0) is 14.3 Å². The van der Waals surface area contributed by atoms with Crippen molar-refractivity contribution in [3.05, 3.63) is 11.6 Å². The van der Waals surface area contributed by atoms with Gasteiger partial charge in [-0.2, -0.15) is 0 Å². The molecule has 0 aromatic rings. The number of rotatable bonds is 2. The Morgan fingerprint density at radius 1 is 1.67 bits per heavy atom. The summed E-state index contributed by atoms with van der Waals surface area (Å²) in [7, 11) is 1.47. The van der Waals surface area contributed by atoms with Crippen LogP contribution in [0.1, 0.15) is 13.3 Å². The molecule has 5 heteroatoms. The van der Waals surface area contributed by atoms with Gasteiger partial charge in [0.05, 0.1) is 6.61 Å². The molecule has 1 saturated heterocycles. The second-order valence-corrected chi connectivity index (χ2v) is 3.82.